The van der Waals surface area contributed by atoms with Gasteiger partial charge in [-0.2, -0.15) is 17.4 Å². The maximum atomic E-state index is 12.1. The molecule has 1 rings (SSSR count). The molecule has 1 heterocycles. The van der Waals surface area contributed by atoms with Crippen molar-refractivity contribution in [3.63, 3.8) is 0 Å². The van der Waals surface area contributed by atoms with E-state index in [1.165, 1.54) is 0 Å². The van der Waals surface area contributed by atoms with E-state index in [1.54, 1.807) is 4.31 Å². The molecule has 0 spiro atoms. The van der Waals surface area contributed by atoms with Gasteiger partial charge in [-0.25, -0.2) is 0 Å². The molecule has 0 bridgehead atoms. The fourth-order valence-electron chi connectivity index (χ4n) is 2.07. The monoisotopic (exact) mass is 263 g/mol. The van der Waals surface area contributed by atoms with Crippen LogP contribution in [0.25, 0.3) is 0 Å². The molecule has 0 aromatic carbocycles. The number of hydrogen-bond acceptors (Lipinski definition) is 3. The third-order valence-corrected chi connectivity index (χ3v) is 4.84. The Bertz CT molecular complexity index is 300. The van der Waals surface area contributed by atoms with Crippen LogP contribution in [0.2, 0.25) is 0 Å². The van der Waals surface area contributed by atoms with Gasteiger partial charge in [0.1, 0.15) is 0 Å². The standard InChI is InChI=1S/C11H25N3O2S/c1-2-3-7-11(10-12)13-17(15,16)14-8-5-4-6-9-14/h11,13H,2-10,12H2,1H3/t11-/m0/s1. The fraction of sp³-hybridized carbons (Fsp3) is 1.00. The molecule has 0 aliphatic carbocycles. The molecule has 1 aliphatic rings. The van der Waals surface area contributed by atoms with Crippen molar-refractivity contribution in [2.45, 2.75) is 51.5 Å². The maximum Gasteiger partial charge on any atom is 0.279 e. The lowest BCUT2D eigenvalue weighted by atomic mass is 10.1. The third-order valence-electron chi connectivity index (χ3n) is 3.16. The van der Waals surface area contributed by atoms with Crippen molar-refractivity contribution >= 4 is 10.2 Å². The van der Waals surface area contributed by atoms with Crippen LogP contribution in [0.5, 0.6) is 0 Å². The summed E-state index contributed by atoms with van der Waals surface area (Å²) in [4.78, 5) is 0. The van der Waals surface area contributed by atoms with Gasteiger partial charge < -0.3 is 5.73 Å². The molecule has 17 heavy (non-hydrogen) atoms. The second-order valence-electron chi connectivity index (χ2n) is 4.66. The molecule has 1 fully saturated rings. The number of nitrogens with zero attached hydrogens (tertiary/aromatic N) is 1. The minimum absolute atomic E-state index is 0.123. The van der Waals surface area contributed by atoms with Gasteiger partial charge in [0, 0.05) is 25.7 Å². The average Bonchev–Trinajstić information content (AvgIpc) is 2.35. The second-order valence-corrected chi connectivity index (χ2v) is 6.36. The molecular weight excluding hydrogens is 238 g/mol. The van der Waals surface area contributed by atoms with E-state index >= 15 is 0 Å². The Hall–Kier alpha value is -0.170. The number of nitrogens with two attached hydrogens (primary N) is 1. The molecule has 0 unspecified atom stereocenters. The summed E-state index contributed by atoms with van der Waals surface area (Å²) in [5.41, 5.74) is 5.60. The van der Waals surface area contributed by atoms with Crippen LogP contribution in [0.15, 0.2) is 0 Å². The number of nitrogens with one attached hydrogen (secondary N) is 1. The average molecular weight is 263 g/mol. The molecule has 102 valence electrons. The first kappa shape index (κ1) is 14.9. The smallest absolute Gasteiger partial charge is 0.279 e. The van der Waals surface area contributed by atoms with E-state index in [0.717, 1.165) is 38.5 Å². The molecule has 5 nitrogen and oxygen atoms in total. The SMILES string of the molecule is CCCC[C@@H](CN)NS(=O)(=O)N1CCCCC1. The minimum Gasteiger partial charge on any atom is -0.329 e. The van der Waals surface area contributed by atoms with Gasteiger partial charge in [0.25, 0.3) is 10.2 Å². The Balaban J connectivity index is 2.50. The van der Waals surface area contributed by atoms with E-state index in [4.69, 9.17) is 5.73 Å². The zero-order valence-corrected chi connectivity index (χ0v) is 11.5. The zero-order valence-electron chi connectivity index (χ0n) is 10.7. The Kier molecular flexibility index (Phi) is 6.40. The molecule has 1 saturated heterocycles. The molecule has 3 N–H and O–H groups in total. The van der Waals surface area contributed by atoms with Gasteiger partial charge in [-0.3, -0.25) is 0 Å². The normalized spacial score (nSPS) is 20.4. The summed E-state index contributed by atoms with van der Waals surface area (Å²) < 4.78 is 28.4. The summed E-state index contributed by atoms with van der Waals surface area (Å²) in [6.07, 6.45) is 5.93. The Morgan fingerprint density at radius 3 is 2.47 bits per heavy atom. The highest BCUT2D eigenvalue weighted by Gasteiger charge is 2.25. The summed E-state index contributed by atoms with van der Waals surface area (Å²) in [6, 6.07) is -0.123. The van der Waals surface area contributed by atoms with E-state index in [0.29, 0.717) is 19.6 Å². The van der Waals surface area contributed by atoms with E-state index in [9.17, 15) is 8.42 Å². The molecule has 6 heteroatoms. The van der Waals surface area contributed by atoms with Crippen LogP contribution < -0.4 is 10.5 Å². The van der Waals surface area contributed by atoms with Crippen molar-refractivity contribution in [2.24, 2.45) is 5.73 Å². The summed E-state index contributed by atoms with van der Waals surface area (Å²) in [7, 11) is -3.32. The summed E-state index contributed by atoms with van der Waals surface area (Å²) in [6.45, 7) is 3.74. The van der Waals surface area contributed by atoms with Gasteiger partial charge >= 0.3 is 0 Å². The predicted molar refractivity (Wildman–Crippen MR) is 69.8 cm³/mol. The fourth-order valence-corrected chi connectivity index (χ4v) is 3.59. The Morgan fingerprint density at radius 2 is 1.94 bits per heavy atom. The topological polar surface area (TPSA) is 75.4 Å². The van der Waals surface area contributed by atoms with Gasteiger partial charge in [-0.1, -0.05) is 26.2 Å². The lowest BCUT2D eigenvalue weighted by molar-refractivity contribution is 0.337. The van der Waals surface area contributed by atoms with E-state index in [1.807, 2.05) is 0 Å². The maximum absolute atomic E-state index is 12.1. The van der Waals surface area contributed by atoms with E-state index in [2.05, 4.69) is 11.6 Å². The molecular formula is C11H25N3O2S. The van der Waals surface area contributed by atoms with Crippen molar-refractivity contribution < 1.29 is 8.42 Å². The van der Waals surface area contributed by atoms with Crippen LogP contribution in [-0.4, -0.2) is 38.4 Å². The molecule has 1 atom stereocenters. The predicted octanol–water partition coefficient (Wildman–Crippen LogP) is 0.824. The summed E-state index contributed by atoms with van der Waals surface area (Å²) >= 11 is 0. The van der Waals surface area contributed by atoms with Crippen molar-refractivity contribution in [1.29, 1.82) is 0 Å². The Morgan fingerprint density at radius 1 is 1.29 bits per heavy atom. The third kappa shape index (κ3) is 4.91. The summed E-state index contributed by atoms with van der Waals surface area (Å²) in [5.74, 6) is 0. The van der Waals surface area contributed by atoms with Crippen molar-refractivity contribution in [3.05, 3.63) is 0 Å². The highest BCUT2D eigenvalue weighted by Crippen LogP contribution is 2.13. The number of unbranched alkanes of at least 4 members (excludes halogenated alkanes) is 1. The number of hydrogen-bond donors (Lipinski definition) is 2. The number of rotatable bonds is 7. The van der Waals surface area contributed by atoms with Gasteiger partial charge in [-0.05, 0) is 19.3 Å². The molecule has 1 aliphatic heterocycles. The van der Waals surface area contributed by atoms with Crippen LogP contribution >= 0.6 is 0 Å². The lowest BCUT2D eigenvalue weighted by Gasteiger charge is -2.28. The van der Waals surface area contributed by atoms with Gasteiger partial charge in [0.2, 0.25) is 0 Å². The quantitative estimate of drug-likeness (QED) is 0.714. The van der Waals surface area contributed by atoms with Crippen molar-refractivity contribution in [1.82, 2.24) is 9.03 Å². The number of piperidine rings is 1. The first-order valence-electron chi connectivity index (χ1n) is 6.57. The van der Waals surface area contributed by atoms with Gasteiger partial charge in [0.15, 0.2) is 0 Å². The van der Waals surface area contributed by atoms with Crippen LogP contribution in [0.3, 0.4) is 0 Å². The van der Waals surface area contributed by atoms with Crippen LogP contribution in [-0.2, 0) is 10.2 Å². The van der Waals surface area contributed by atoms with Crippen LogP contribution in [0.1, 0.15) is 45.4 Å². The summed E-state index contributed by atoms with van der Waals surface area (Å²) in [5, 5.41) is 0. The van der Waals surface area contributed by atoms with Gasteiger partial charge in [0.05, 0.1) is 0 Å². The molecule has 0 saturated carbocycles. The molecule has 0 amide bonds. The minimum atomic E-state index is -3.32. The highest BCUT2D eigenvalue weighted by atomic mass is 32.2. The van der Waals surface area contributed by atoms with Crippen molar-refractivity contribution in [3.8, 4) is 0 Å². The first-order valence-corrected chi connectivity index (χ1v) is 8.01. The molecule has 0 aromatic heterocycles. The highest BCUT2D eigenvalue weighted by molar-refractivity contribution is 7.87. The zero-order chi connectivity index (χ0) is 12.7. The van der Waals surface area contributed by atoms with Crippen LogP contribution in [0, 0.1) is 0 Å². The molecule has 0 radical (unpaired) electrons. The van der Waals surface area contributed by atoms with E-state index < -0.39 is 10.2 Å². The Labute approximate surface area is 105 Å². The van der Waals surface area contributed by atoms with Crippen LogP contribution in [0.4, 0.5) is 0 Å². The largest absolute Gasteiger partial charge is 0.329 e. The second kappa shape index (κ2) is 7.31. The van der Waals surface area contributed by atoms with Crippen molar-refractivity contribution in [2.75, 3.05) is 19.6 Å². The first-order chi connectivity index (χ1) is 8.10. The van der Waals surface area contributed by atoms with E-state index in [-0.39, 0.29) is 6.04 Å². The molecule has 0 aromatic rings. The van der Waals surface area contributed by atoms with Gasteiger partial charge in [-0.15, -0.1) is 0 Å². The lowest BCUT2D eigenvalue weighted by Crippen LogP contribution is -2.49.